The van der Waals surface area contributed by atoms with Gasteiger partial charge in [0.05, 0.1) is 6.10 Å². The molecule has 6 nitrogen and oxygen atoms in total. The molecule has 4 heterocycles. The van der Waals surface area contributed by atoms with E-state index in [-0.39, 0.29) is 41.5 Å². The number of hydrogen-bond acceptors (Lipinski definition) is 6. The maximum atomic E-state index is 12.1. The number of fused-ring (bicyclic) bond motifs is 4. The summed E-state index contributed by atoms with van der Waals surface area (Å²) in [7, 11) is 0. The van der Waals surface area contributed by atoms with E-state index >= 15 is 0 Å². The van der Waals surface area contributed by atoms with Crippen LogP contribution in [0.4, 0.5) is 0 Å². The van der Waals surface area contributed by atoms with Gasteiger partial charge in [0, 0.05) is 11.0 Å². The second-order valence-electron chi connectivity index (χ2n) is 9.91. The van der Waals surface area contributed by atoms with E-state index in [1.54, 1.807) is 0 Å². The summed E-state index contributed by atoms with van der Waals surface area (Å²) in [4.78, 5) is 12.1. The third kappa shape index (κ3) is 1.14. The molecule has 26 heavy (non-hydrogen) atoms. The highest BCUT2D eigenvalue weighted by atomic mass is 16.7. The van der Waals surface area contributed by atoms with Gasteiger partial charge in [-0.25, -0.2) is 4.79 Å². The van der Waals surface area contributed by atoms with Crippen LogP contribution in [0.1, 0.15) is 40.0 Å². The third-order valence-corrected chi connectivity index (χ3v) is 9.10. The van der Waals surface area contributed by atoms with Crippen LogP contribution in [0.2, 0.25) is 0 Å². The molecule has 0 bridgehead atoms. The molecule has 4 aliphatic heterocycles. The summed E-state index contributed by atoms with van der Waals surface area (Å²) in [6.45, 7) is 6.91. The summed E-state index contributed by atoms with van der Waals surface area (Å²) in [5, 5.41) is 11.4. The fourth-order valence-electron chi connectivity index (χ4n) is 7.70. The van der Waals surface area contributed by atoms with E-state index < -0.39 is 22.9 Å². The van der Waals surface area contributed by atoms with E-state index in [0.29, 0.717) is 6.61 Å². The van der Waals surface area contributed by atoms with E-state index in [0.717, 1.165) is 30.4 Å². The van der Waals surface area contributed by atoms with Crippen molar-refractivity contribution in [3.05, 3.63) is 11.1 Å². The summed E-state index contributed by atoms with van der Waals surface area (Å²) in [6, 6.07) is 0. The fourth-order valence-corrected chi connectivity index (χ4v) is 7.70. The quantitative estimate of drug-likeness (QED) is 0.557. The monoisotopic (exact) mass is 360 g/mol. The molecule has 3 saturated heterocycles. The number of esters is 1. The molecular weight excluding hydrogens is 336 g/mol. The Labute approximate surface area is 151 Å². The standard InChI is InChI=1S/C20H24O6/c1-8(2)18-13(25-18)14-20(26-14)17(3)5-4-9-10(7-23-15(9)21)11(17)6-12-19(20,24-12)16(18)22/h8,11-14,16,22H,4-7H2,1-3H3/t11-,12-,13+,14-,16-,17+,18-,19+,20-/m0/s1. The lowest BCUT2D eigenvalue weighted by molar-refractivity contribution is -0.136. The summed E-state index contributed by atoms with van der Waals surface area (Å²) < 4.78 is 24.3. The van der Waals surface area contributed by atoms with Gasteiger partial charge in [-0.2, -0.15) is 0 Å². The molecule has 0 aromatic carbocycles. The molecule has 0 aromatic heterocycles. The number of carbonyl (C=O) groups is 1. The van der Waals surface area contributed by atoms with Crippen LogP contribution in [0.25, 0.3) is 0 Å². The van der Waals surface area contributed by atoms with Gasteiger partial charge in [-0.15, -0.1) is 0 Å². The Kier molecular flexibility index (Phi) is 2.19. The molecule has 0 unspecified atom stereocenters. The summed E-state index contributed by atoms with van der Waals surface area (Å²) in [6.07, 6.45) is 1.71. The lowest BCUT2D eigenvalue weighted by atomic mass is 9.46. The SMILES string of the molecule is CC(C)[C@]12O[C@@H]1[C@@H]1O[C@@]13[C@]1(O[C@H]1C[C@H]1C4=C(CC[C@]13C)C(=O)OC4)[C@H]2O. The highest BCUT2D eigenvalue weighted by Crippen LogP contribution is 2.82. The molecule has 0 radical (unpaired) electrons. The second kappa shape index (κ2) is 3.79. The number of ether oxygens (including phenoxy) is 4. The Morgan fingerprint density at radius 2 is 2.00 bits per heavy atom. The minimum Gasteiger partial charge on any atom is -0.458 e. The van der Waals surface area contributed by atoms with Crippen molar-refractivity contribution in [2.24, 2.45) is 17.3 Å². The van der Waals surface area contributed by atoms with Gasteiger partial charge in [0.1, 0.15) is 36.1 Å². The Hall–Kier alpha value is -0.950. The first-order valence-electron chi connectivity index (χ1n) is 9.95. The number of aliphatic hydroxyl groups is 1. The number of rotatable bonds is 1. The zero-order chi connectivity index (χ0) is 17.9. The molecule has 9 atom stereocenters. The van der Waals surface area contributed by atoms with Crippen molar-refractivity contribution < 1.29 is 28.8 Å². The van der Waals surface area contributed by atoms with Gasteiger partial charge in [-0.3, -0.25) is 0 Å². The van der Waals surface area contributed by atoms with Crippen molar-refractivity contribution in [3.8, 4) is 0 Å². The lowest BCUT2D eigenvalue weighted by Crippen LogP contribution is -2.69. The van der Waals surface area contributed by atoms with Crippen LogP contribution in [-0.2, 0) is 23.7 Å². The van der Waals surface area contributed by atoms with Crippen molar-refractivity contribution >= 4 is 5.97 Å². The maximum Gasteiger partial charge on any atom is 0.334 e. The van der Waals surface area contributed by atoms with E-state index in [1.165, 1.54) is 0 Å². The average Bonchev–Trinajstić information content (AvgIpc) is 3.47. The number of aliphatic hydroxyl groups excluding tert-OH is 1. The van der Waals surface area contributed by atoms with E-state index in [2.05, 4.69) is 20.8 Å². The van der Waals surface area contributed by atoms with Gasteiger partial charge in [0.2, 0.25) is 0 Å². The van der Waals surface area contributed by atoms with Gasteiger partial charge in [0.15, 0.2) is 5.60 Å². The number of epoxide rings is 3. The molecule has 140 valence electrons. The first-order chi connectivity index (χ1) is 12.3. The van der Waals surface area contributed by atoms with E-state index in [9.17, 15) is 9.90 Å². The number of cyclic esters (lactones) is 1. The Bertz CT molecular complexity index is 819. The largest absolute Gasteiger partial charge is 0.458 e. The zero-order valence-corrected chi connectivity index (χ0v) is 15.3. The van der Waals surface area contributed by atoms with Gasteiger partial charge in [0.25, 0.3) is 0 Å². The highest BCUT2D eigenvalue weighted by Gasteiger charge is 3.00. The molecule has 7 aliphatic rings. The maximum absolute atomic E-state index is 12.1. The molecular formula is C20H24O6. The van der Waals surface area contributed by atoms with Crippen molar-refractivity contribution in [2.45, 2.75) is 81.3 Å². The van der Waals surface area contributed by atoms with Crippen molar-refractivity contribution in [2.75, 3.05) is 6.61 Å². The van der Waals surface area contributed by atoms with Crippen LogP contribution >= 0.6 is 0 Å². The van der Waals surface area contributed by atoms with Gasteiger partial charge in [-0.05, 0) is 36.7 Å². The molecule has 2 spiro atoms. The van der Waals surface area contributed by atoms with Crippen LogP contribution in [0.5, 0.6) is 0 Å². The number of hydrogen-bond donors (Lipinski definition) is 1. The van der Waals surface area contributed by atoms with Gasteiger partial charge >= 0.3 is 5.97 Å². The molecule has 6 heteroatoms. The Morgan fingerprint density at radius 1 is 1.19 bits per heavy atom. The Balaban J connectivity index is 1.39. The van der Waals surface area contributed by atoms with Crippen LogP contribution in [0.3, 0.4) is 0 Å². The molecule has 5 fully saturated rings. The van der Waals surface area contributed by atoms with Crippen molar-refractivity contribution in [1.29, 1.82) is 0 Å². The molecule has 2 saturated carbocycles. The molecule has 0 amide bonds. The van der Waals surface area contributed by atoms with Gasteiger partial charge < -0.3 is 24.1 Å². The number of carbonyl (C=O) groups excluding carboxylic acids is 1. The molecule has 7 rings (SSSR count). The summed E-state index contributed by atoms with van der Waals surface area (Å²) >= 11 is 0. The second-order valence-corrected chi connectivity index (χ2v) is 9.91. The van der Waals surface area contributed by atoms with Crippen molar-refractivity contribution in [1.82, 2.24) is 0 Å². The first-order valence-corrected chi connectivity index (χ1v) is 9.95. The topological polar surface area (TPSA) is 84.1 Å². The van der Waals surface area contributed by atoms with E-state index in [1.807, 2.05) is 0 Å². The smallest absolute Gasteiger partial charge is 0.334 e. The van der Waals surface area contributed by atoms with Crippen LogP contribution in [0, 0.1) is 17.3 Å². The van der Waals surface area contributed by atoms with Crippen LogP contribution < -0.4 is 0 Å². The minimum absolute atomic E-state index is 0.00808. The highest BCUT2D eigenvalue weighted by molar-refractivity contribution is 5.92. The predicted molar refractivity (Wildman–Crippen MR) is 87.1 cm³/mol. The van der Waals surface area contributed by atoms with Gasteiger partial charge in [-0.1, -0.05) is 20.8 Å². The summed E-state index contributed by atoms with van der Waals surface area (Å²) in [5.74, 6) is 0.297. The van der Waals surface area contributed by atoms with Crippen LogP contribution in [-0.4, -0.2) is 58.9 Å². The Morgan fingerprint density at radius 3 is 2.77 bits per heavy atom. The third-order valence-electron chi connectivity index (χ3n) is 9.10. The minimum atomic E-state index is -0.654. The van der Waals surface area contributed by atoms with E-state index in [4.69, 9.17) is 18.9 Å². The lowest BCUT2D eigenvalue weighted by Gasteiger charge is -2.53. The first kappa shape index (κ1) is 15.0. The molecule has 1 N–H and O–H groups in total. The van der Waals surface area contributed by atoms with Crippen LogP contribution in [0.15, 0.2) is 11.1 Å². The normalized spacial score (nSPS) is 63.1. The fraction of sp³-hybridized carbons (Fsp3) is 0.850. The molecule has 3 aliphatic carbocycles. The predicted octanol–water partition coefficient (Wildman–Crippen LogP) is 1.10. The molecule has 0 aromatic rings. The van der Waals surface area contributed by atoms with Crippen molar-refractivity contribution in [3.63, 3.8) is 0 Å². The zero-order valence-electron chi connectivity index (χ0n) is 15.3. The summed E-state index contributed by atoms with van der Waals surface area (Å²) in [5.41, 5.74) is 0.230. The average molecular weight is 360 g/mol.